The van der Waals surface area contributed by atoms with E-state index in [2.05, 4.69) is 0 Å². The number of ether oxygens (including phenoxy) is 2. The van der Waals surface area contributed by atoms with Crippen LogP contribution >= 0.6 is 11.6 Å². The first-order valence-corrected chi connectivity index (χ1v) is 13.8. The maximum Gasteiger partial charge on any atom is 0.243 e. The van der Waals surface area contributed by atoms with E-state index in [1.165, 1.54) is 28.6 Å². The van der Waals surface area contributed by atoms with Crippen molar-refractivity contribution in [3.8, 4) is 11.5 Å². The van der Waals surface area contributed by atoms with E-state index >= 15 is 0 Å². The fourth-order valence-corrected chi connectivity index (χ4v) is 5.62. The predicted molar refractivity (Wildman–Crippen MR) is 142 cm³/mol. The maximum atomic E-state index is 13.6. The predicted octanol–water partition coefficient (Wildman–Crippen LogP) is 5.01. The molecule has 0 saturated carbocycles. The van der Waals surface area contributed by atoms with Crippen LogP contribution in [0.1, 0.15) is 31.6 Å². The summed E-state index contributed by atoms with van der Waals surface area (Å²) < 4.78 is 44.4. The van der Waals surface area contributed by atoms with E-state index < -0.39 is 10.0 Å². The van der Waals surface area contributed by atoms with Gasteiger partial charge < -0.3 is 18.8 Å². The second-order valence-electron chi connectivity index (χ2n) is 8.60. The molecule has 1 heterocycles. The fraction of sp³-hybridized carbons (Fsp3) is 0.370. The largest absolute Gasteiger partial charge is 0.493 e. The van der Waals surface area contributed by atoms with Gasteiger partial charge in [0.05, 0.1) is 38.5 Å². The van der Waals surface area contributed by atoms with Gasteiger partial charge in [0.25, 0.3) is 0 Å². The molecule has 0 saturated heterocycles. The van der Waals surface area contributed by atoms with Gasteiger partial charge in [0.1, 0.15) is 5.76 Å². The molecule has 0 N–H and O–H groups in total. The van der Waals surface area contributed by atoms with E-state index in [1.807, 2.05) is 25.1 Å². The number of rotatable bonds is 13. The highest BCUT2D eigenvalue weighted by Crippen LogP contribution is 2.28. The van der Waals surface area contributed by atoms with Crippen molar-refractivity contribution in [2.45, 2.75) is 44.2 Å². The van der Waals surface area contributed by atoms with Gasteiger partial charge in [-0.2, -0.15) is 4.31 Å². The standard InChI is InChI=1S/C27H33ClN2O6S/c1-5-20(2)30(37(32,33)24-11-9-22(28)10-12-24)19-27(31)29(18-23-7-6-16-36-23)15-14-21-8-13-25(34-3)26(17-21)35-4/h6-13,16-17,20H,5,14-15,18-19H2,1-4H3. The molecule has 3 rings (SSSR count). The van der Waals surface area contributed by atoms with E-state index in [9.17, 15) is 13.2 Å². The lowest BCUT2D eigenvalue weighted by molar-refractivity contribution is -0.132. The molecule has 2 aromatic carbocycles. The average Bonchev–Trinajstić information content (AvgIpc) is 3.42. The Morgan fingerprint density at radius 2 is 1.76 bits per heavy atom. The SMILES string of the molecule is CCC(C)N(CC(=O)N(CCc1ccc(OC)c(OC)c1)Cc1ccco1)S(=O)(=O)c1ccc(Cl)cc1. The molecular weight excluding hydrogens is 516 g/mol. The van der Waals surface area contributed by atoms with Crippen molar-refractivity contribution in [3.63, 3.8) is 0 Å². The first kappa shape index (κ1) is 28.6. The molecule has 1 amide bonds. The van der Waals surface area contributed by atoms with E-state index in [-0.39, 0.29) is 29.9 Å². The van der Waals surface area contributed by atoms with Gasteiger partial charge in [0, 0.05) is 17.6 Å². The third-order valence-electron chi connectivity index (χ3n) is 6.19. The third-order valence-corrected chi connectivity index (χ3v) is 8.42. The number of hydrogen-bond acceptors (Lipinski definition) is 6. The van der Waals surface area contributed by atoms with Crippen molar-refractivity contribution < 1.29 is 27.1 Å². The Bertz CT molecular complexity index is 1260. The van der Waals surface area contributed by atoms with Gasteiger partial charge in [-0.25, -0.2) is 8.42 Å². The Morgan fingerprint density at radius 3 is 2.35 bits per heavy atom. The van der Waals surface area contributed by atoms with Crippen LogP contribution in [0.25, 0.3) is 0 Å². The lowest BCUT2D eigenvalue weighted by Gasteiger charge is -2.30. The number of halogens is 1. The van der Waals surface area contributed by atoms with Gasteiger partial charge in [0.15, 0.2) is 11.5 Å². The van der Waals surface area contributed by atoms with Crippen LogP contribution < -0.4 is 9.47 Å². The van der Waals surface area contributed by atoms with Gasteiger partial charge in [-0.15, -0.1) is 0 Å². The summed E-state index contributed by atoms with van der Waals surface area (Å²) in [5.74, 6) is 1.50. The monoisotopic (exact) mass is 548 g/mol. The third kappa shape index (κ3) is 7.28. The lowest BCUT2D eigenvalue weighted by Crippen LogP contribution is -2.46. The Morgan fingerprint density at radius 1 is 1.05 bits per heavy atom. The van der Waals surface area contributed by atoms with Crippen LogP contribution in [0.4, 0.5) is 0 Å². The quantitative estimate of drug-likeness (QED) is 0.298. The van der Waals surface area contributed by atoms with Gasteiger partial charge in [-0.1, -0.05) is 24.6 Å². The molecule has 0 radical (unpaired) electrons. The van der Waals surface area contributed by atoms with E-state index in [0.29, 0.717) is 41.7 Å². The Labute approximate surface area is 223 Å². The number of benzene rings is 2. The van der Waals surface area contributed by atoms with Crippen molar-refractivity contribution in [2.24, 2.45) is 0 Å². The molecule has 1 aromatic heterocycles. The van der Waals surface area contributed by atoms with Crippen LogP contribution in [0.3, 0.4) is 0 Å². The lowest BCUT2D eigenvalue weighted by atomic mass is 10.1. The first-order chi connectivity index (χ1) is 17.7. The number of furan rings is 1. The zero-order valence-corrected chi connectivity index (χ0v) is 23.1. The molecule has 0 aliphatic carbocycles. The second-order valence-corrected chi connectivity index (χ2v) is 10.9. The number of sulfonamides is 1. The number of carbonyl (C=O) groups is 1. The van der Waals surface area contributed by atoms with Crippen LogP contribution in [0, 0.1) is 0 Å². The van der Waals surface area contributed by atoms with Gasteiger partial charge in [-0.05, 0) is 73.9 Å². The highest BCUT2D eigenvalue weighted by atomic mass is 35.5. The molecule has 0 bridgehead atoms. The van der Waals surface area contributed by atoms with E-state index in [4.69, 9.17) is 25.5 Å². The Balaban J connectivity index is 1.84. The number of nitrogens with zero attached hydrogens (tertiary/aromatic N) is 2. The second kappa shape index (κ2) is 13.0. The summed E-state index contributed by atoms with van der Waals surface area (Å²) in [7, 11) is -0.790. The summed E-state index contributed by atoms with van der Waals surface area (Å²) in [5.41, 5.74) is 0.947. The fourth-order valence-electron chi connectivity index (χ4n) is 3.84. The number of hydrogen-bond donors (Lipinski definition) is 0. The summed E-state index contributed by atoms with van der Waals surface area (Å²) in [6.07, 6.45) is 2.62. The van der Waals surface area contributed by atoms with Crippen molar-refractivity contribution in [2.75, 3.05) is 27.3 Å². The number of carbonyl (C=O) groups excluding carboxylic acids is 1. The molecule has 37 heavy (non-hydrogen) atoms. The van der Waals surface area contributed by atoms with Crippen LogP contribution in [0.15, 0.2) is 70.2 Å². The summed E-state index contributed by atoms with van der Waals surface area (Å²) in [5, 5.41) is 0.435. The zero-order valence-electron chi connectivity index (χ0n) is 21.5. The molecule has 10 heteroatoms. The summed E-state index contributed by atoms with van der Waals surface area (Å²) >= 11 is 5.95. The maximum absolute atomic E-state index is 13.6. The van der Waals surface area contributed by atoms with Crippen LogP contribution in [-0.4, -0.2) is 56.9 Å². The molecule has 1 atom stereocenters. The van der Waals surface area contributed by atoms with Crippen molar-refractivity contribution >= 4 is 27.5 Å². The van der Waals surface area contributed by atoms with Gasteiger partial charge in [0.2, 0.25) is 15.9 Å². The van der Waals surface area contributed by atoms with Crippen LogP contribution in [0.5, 0.6) is 11.5 Å². The molecule has 3 aromatic rings. The minimum absolute atomic E-state index is 0.0907. The Kier molecular flexibility index (Phi) is 10.0. The molecule has 200 valence electrons. The highest BCUT2D eigenvalue weighted by Gasteiger charge is 2.32. The summed E-state index contributed by atoms with van der Waals surface area (Å²) in [6, 6.07) is 14.7. The molecule has 0 aliphatic rings. The van der Waals surface area contributed by atoms with E-state index in [0.717, 1.165) is 5.56 Å². The molecule has 0 aliphatic heterocycles. The Hall–Kier alpha value is -3.01. The highest BCUT2D eigenvalue weighted by molar-refractivity contribution is 7.89. The van der Waals surface area contributed by atoms with Gasteiger partial charge in [-0.3, -0.25) is 4.79 Å². The van der Waals surface area contributed by atoms with Gasteiger partial charge >= 0.3 is 0 Å². The number of methoxy groups -OCH3 is 2. The number of amides is 1. The zero-order chi connectivity index (χ0) is 27.0. The van der Waals surface area contributed by atoms with Crippen LogP contribution in [0.2, 0.25) is 5.02 Å². The topological polar surface area (TPSA) is 89.3 Å². The summed E-state index contributed by atoms with van der Waals surface area (Å²) in [6.45, 7) is 3.95. The normalized spacial score (nSPS) is 12.4. The molecule has 0 fully saturated rings. The van der Waals surface area contributed by atoms with Crippen molar-refractivity contribution in [1.29, 1.82) is 0 Å². The molecule has 8 nitrogen and oxygen atoms in total. The first-order valence-electron chi connectivity index (χ1n) is 12.0. The minimum atomic E-state index is -3.93. The van der Waals surface area contributed by atoms with Crippen LogP contribution in [-0.2, 0) is 27.8 Å². The average molecular weight is 549 g/mol. The molecule has 1 unspecified atom stereocenters. The van der Waals surface area contributed by atoms with Crippen molar-refractivity contribution in [1.82, 2.24) is 9.21 Å². The molecule has 0 spiro atoms. The van der Waals surface area contributed by atoms with Crippen molar-refractivity contribution in [3.05, 3.63) is 77.2 Å². The molecular formula is C27H33ClN2O6S. The van der Waals surface area contributed by atoms with E-state index in [1.54, 1.807) is 44.4 Å². The summed E-state index contributed by atoms with van der Waals surface area (Å²) in [4.78, 5) is 15.3. The minimum Gasteiger partial charge on any atom is -0.493 e. The smallest absolute Gasteiger partial charge is 0.243 e.